The van der Waals surface area contributed by atoms with E-state index >= 15 is 0 Å². The first kappa shape index (κ1) is 16.0. The average molecular weight is 368 g/mol. The SMILES string of the molecule is CC1COc2ncc(F)cc2C2(CC2)Nc2ccn3ncc(c3n2)C(=O)N1. The maximum Gasteiger partial charge on any atom is 0.257 e. The van der Waals surface area contributed by atoms with Crippen molar-refractivity contribution in [3.63, 3.8) is 0 Å². The minimum Gasteiger partial charge on any atom is -0.475 e. The van der Waals surface area contributed by atoms with Crippen molar-refractivity contribution in [1.82, 2.24) is 24.9 Å². The molecule has 2 N–H and O–H groups in total. The molecular formula is C18H17FN6O2. The molecule has 1 saturated carbocycles. The van der Waals surface area contributed by atoms with Crippen LogP contribution >= 0.6 is 0 Å². The van der Waals surface area contributed by atoms with Crippen LogP contribution in [0.1, 0.15) is 35.7 Å². The molecule has 8 nitrogen and oxygen atoms in total. The molecule has 1 fully saturated rings. The second-order valence-corrected chi connectivity index (χ2v) is 7.04. The highest BCUT2D eigenvalue weighted by atomic mass is 19.1. The number of hydrogen-bond acceptors (Lipinski definition) is 6. The van der Waals surface area contributed by atoms with E-state index in [-0.39, 0.29) is 18.6 Å². The Kier molecular flexibility index (Phi) is 3.33. The number of hydrogen-bond donors (Lipinski definition) is 2. The Morgan fingerprint density at radius 2 is 2.22 bits per heavy atom. The molecule has 5 rings (SSSR count). The van der Waals surface area contributed by atoms with Crippen LogP contribution in [0.2, 0.25) is 0 Å². The van der Waals surface area contributed by atoms with Crippen molar-refractivity contribution in [2.45, 2.75) is 31.3 Å². The van der Waals surface area contributed by atoms with Gasteiger partial charge in [-0.15, -0.1) is 0 Å². The third-order valence-electron chi connectivity index (χ3n) is 4.91. The van der Waals surface area contributed by atoms with E-state index in [4.69, 9.17) is 4.74 Å². The molecule has 27 heavy (non-hydrogen) atoms. The van der Waals surface area contributed by atoms with E-state index in [2.05, 4.69) is 25.7 Å². The van der Waals surface area contributed by atoms with Gasteiger partial charge in [-0.3, -0.25) is 4.79 Å². The minimum absolute atomic E-state index is 0.211. The van der Waals surface area contributed by atoms with Crippen LogP contribution in [0.5, 0.6) is 5.88 Å². The van der Waals surface area contributed by atoms with Crippen LogP contribution in [0.25, 0.3) is 5.65 Å². The van der Waals surface area contributed by atoms with Crippen LogP contribution in [0, 0.1) is 5.82 Å². The van der Waals surface area contributed by atoms with Gasteiger partial charge in [-0.1, -0.05) is 0 Å². The highest BCUT2D eigenvalue weighted by molar-refractivity contribution is 5.99. The van der Waals surface area contributed by atoms with Gasteiger partial charge in [0.05, 0.1) is 24.0 Å². The molecule has 2 aliphatic rings. The van der Waals surface area contributed by atoms with Gasteiger partial charge < -0.3 is 15.4 Å². The molecule has 9 heteroatoms. The molecule has 1 unspecified atom stereocenters. The zero-order chi connectivity index (χ0) is 18.6. The summed E-state index contributed by atoms with van der Waals surface area (Å²) in [5, 5.41) is 10.4. The van der Waals surface area contributed by atoms with Gasteiger partial charge in [0.2, 0.25) is 5.88 Å². The van der Waals surface area contributed by atoms with Crippen molar-refractivity contribution < 1.29 is 13.9 Å². The molecule has 3 aromatic heterocycles. The summed E-state index contributed by atoms with van der Waals surface area (Å²) < 4.78 is 21.3. The number of fused-ring (bicyclic) bond motifs is 3. The van der Waals surface area contributed by atoms with Gasteiger partial charge in [0.15, 0.2) is 5.65 Å². The second kappa shape index (κ2) is 5.63. The maximum atomic E-state index is 13.9. The Morgan fingerprint density at radius 3 is 3.04 bits per heavy atom. The highest BCUT2D eigenvalue weighted by Crippen LogP contribution is 2.50. The molecule has 4 heterocycles. The maximum absolute atomic E-state index is 13.9. The first-order valence-electron chi connectivity index (χ1n) is 8.76. The van der Waals surface area contributed by atoms with Gasteiger partial charge in [-0.25, -0.2) is 18.9 Å². The van der Waals surface area contributed by atoms with Crippen molar-refractivity contribution >= 4 is 17.4 Å². The summed E-state index contributed by atoms with van der Waals surface area (Å²) in [6, 6.07) is 2.95. The molecule has 138 valence electrons. The molecule has 2 bridgehead atoms. The summed E-state index contributed by atoms with van der Waals surface area (Å²) in [6.45, 7) is 2.04. The number of anilines is 1. The van der Waals surface area contributed by atoms with Crippen molar-refractivity contribution in [1.29, 1.82) is 0 Å². The average Bonchev–Trinajstić information content (AvgIpc) is 3.29. The zero-order valence-corrected chi connectivity index (χ0v) is 14.6. The number of nitrogens with zero attached hydrogens (tertiary/aromatic N) is 4. The lowest BCUT2D eigenvalue weighted by atomic mass is 10.1. The molecule has 1 atom stereocenters. The fourth-order valence-electron chi connectivity index (χ4n) is 3.36. The van der Waals surface area contributed by atoms with E-state index in [0.29, 0.717) is 28.5 Å². The molecule has 3 aromatic rings. The number of amides is 1. The monoisotopic (exact) mass is 368 g/mol. The highest BCUT2D eigenvalue weighted by Gasteiger charge is 2.47. The first-order valence-corrected chi connectivity index (χ1v) is 8.76. The smallest absolute Gasteiger partial charge is 0.257 e. The Labute approximate surface area is 153 Å². The summed E-state index contributed by atoms with van der Waals surface area (Å²) in [6.07, 6.45) is 5.98. The summed E-state index contributed by atoms with van der Waals surface area (Å²) in [5.74, 6) is 0.249. The van der Waals surface area contributed by atoms with Crippen LogP contribution in [-0.2, 0) is 5.54 Å². The van der Waals surface area contributed by atoms with Crippen molar-refractivity contribution in [2.24, 2.45) is 0 Å². The van der Waals surface area contributed by atoms with Crippen LogP contribution in [0.4, 0.5) is 10.2 Å². The van der Waals surface area contributed by atoms with Gasteiger partial charge in [-0.05, 0) is 31.9 Å². The normalized spacial score (nSPS) is 20.7. The van der Waals surface area contributed by atoms with E-state index in [9.17, 15) is 9.18 Å². The van der Waals surface area contributed by atoms with Crippen molar-refractivity contribution in [3.8, 4) is 5.88 Å². The number of halogens is 1. The van der Waals surface area contributed by atoms with Crippen LogP contribution < -0.4 is 15.4 Å². The third kappa shape index (κ3) is 2.66. The Bertz CT molecular complexity index is 1060. The fraction of sp³-hybridized carbons (Fsp3) is 0.333. The quantitative estimate of drug-likeness (QED) is 0.629. The van der Waals surface area contributed by atoms with Crippen molar-refractivity contribution in [2.75, 3.05) is 11.9 Å². The number of rotatable bonds is 0. The van der Waals surface area contributed by atoms with Gasteiger partial charge >= 0.3 is 0 Å². The van der Waals surface area contributed by atoms with Crippen molar-refractivity contribution in [3.05, 3.63) is 47.7 Å². The lowest BCUT2D eigenvalue weighted by molar-refractivity contribution is 0.0927. The summed E-state index contributed by atoms with van der Waals surface area (Å²) in [7, 11) is 0. The van der Waals surface area contributed by atoms with Crippen LogP contribution in [-0.4, -0.2) is 38.1 Å². The van der Waals surface area contributed by atoms with E-state index in [0.717, 1.165) is 19.0 Å². The van der Waals surface area contributed by atoms with Gasteiger partial charge in [0, 0.05) is 11.8 Å². The predicted octanol–water partition coefficient (Wildman–Crippen LogP) is 1.88. The number of aromatic nitrogens is 4. The van der Waals surface area contributed by atoms with E-state index in [1.807, 2.05) is 6.92 Å². The largest absolute Gasteiger partial charge is 0.475 e. The summed E-state index contributed by atoms with van der Waals surface area (Å²) >= 11 is 0. The molecule has 0 saturated heterocycles. The standard InChI is InChI=1S/C18H17FN6O2/c1-10-9-27-17-13(6-11(19)7-20-17)18(3-4-18)24-14-2-5-25-15(23-14)12(8-21-25)16(26)22-10/h2,5-8,10H,3-4,9H2,1H3,(H,22,26)(H,23,24). The topological polar surface area (TPSA) is 93.4 Å². The molecule has 1 aliphatic carbocycles. The number of carbonyl (C=O) groups is 1. The van der Waals surface area contributed by atoms with Gasteiger partial charge in [0.1, 0.15) is 23.8 Å². The number of ether oxygens (including phenoxy) is 1. The molecule has 0 aromatic carbocycles. The zero-order valence-electron chi connectivity index (χ0n) is 14.6. The molecule has 1 aliphatic heterocycles. The predicted molar refractivity (Wildman–Crippen MR) is 94.1 cm³/mol. The Balaban J connectivity index is 1.66. The lowest BCUT2D eigenvalue weighted by Gasteiger charge is -2.22. The summed E-state index contributed by atoms with van der Waals surface area (Å²) in [5.41, 5.74) is 1.02. The fourth-order valence-corrected chi connectivity index (χ4v) is 3.36. The number of pyridine rings is 1. The van der Waals surface area contributed by atoms with E-state index in [1.165, 1.54) is 12.3 Å². The third-order valence-corrected chi connectivity index (χ3v) is 4.91. The van der Waals surface area contributed by atoms with Crippen LogP contribution in [0.15, 0.2) is 30.7 Å². The first-order chi connectivity index (χ1) is 13.0. The minimum atomic E-state index is -0.481. The lowest BCUT2D eigenvalue weighted by Crippen LogP contribution is -2.37. The van der Waals surface area contributed by atoms with Crippen LogP contribution in [0.3, 0.4) is 0 Å². The number of carbonyl (C=O) groups excluding carboxylic acids is 1. The Morgan fingerprint density at radius 1 is 1.37 bits per heavy atom. The molecule has 1 spiro atoms. The molecule has 0 radical (unpaired) electrons. The summed E-state index contributed by atoms with van der Waals surface area (Å²) in [4.78, 5) is 21.3. The van der Waals surface area contributed by atoms with E-state index < -0.39 is 11.4 Å². The number of nitrogens with one attached hydrogen (secondary N) is 2. The van der Waals surface area contributed by atoms with E-state index in [1.54, 1.807) is 16.8 Å². The molecular weight excluding hydrogens is 351 g/mol. The van der Waals surface area contributed by atoms with Gasteiger partial charge in [-0.2, -0.15) is 5.10 Å². The Hall–Kier alpha value is -3.23. The second-order valence-electron chi connectivity index (χ2n) is 7.04. The molecule has 1 amide bonds. The van der Waals surface area contributed by atoms with Gasteiger partial charge in [0.25, 0.3) is 5.91 Å².